The second-order valence-corrected chi connectivity index (χ2v) is 9.15. The Kier molecular flexibility index (Phi) is 7.37. The molecule has 1 aliphatic heterocycles. The highest BCUT2D eigenvalue weighted by molar-refractivity contribution is 8.00. The normalized spacial score (nSPS) is 19.9. The third-order valence-electron chi connectivity index (χ3n) is 5.26. The largest absolute Gasteiger partial charge is 0.352 e. The van der Waals surface area contributed by atoms with Crippen molar-refractivity contribution in [1.29, 1.82) is 0 Å². The van der Waals surface area contributed by atoms with E-state index in [1.54, 1.807) is 16.7 Å². The van der Waals surface area contributed by atoms with Crippen molar-refractivity contribution in [3.05, 3.63) is 71.8 Å². The Morgan fingerprint density at radius 1 is 1.03 bits per heavy atom. The summed E-state index contributed by atoms with van der Waals surface area (Å²) in [6.45, 7) is 6.24. The Morgan fingerprint density at radius 2 is 1.66 bits per heavy atom. The fourth-order valence-electron chi connectivity index (χ4n) is 3.67. The first kappa shape index (κ1) is 21.4. The summed E-state index contributed by atoms with van der Waals surface area (Å²) in [4.78, 5) is 28.1. The van der Waals surface area contributed by atoms with Crippen molar-refractivity contribution < 1.29 is 9.59 Å². The number of benzene rings is 2. The van der Waals surface area contributed by atoms with Gasteiger partial charge in [-0.2, -0.15) is 0 Å². The molecule has 1 fully saturated rings. The minimum absolute atomic E-state index is 0.0121. The number of nitrogens with one attached hydrogen (secondary N) is 1. The van der Waals surface area contributed by atoms with Gasteiger partial charge < -0.3 is 10.2 Å². The molecule has 4 nitrogen and oxygen atoms in total. The number of rotatable bonds is 7. The van der Waals surface area contributed by atoms with Crippen molar-refractivity contribution in [2.45, 2.75) is 51.1 Å². The number of thioether (sulfide) groups is 1. The summed E-state index contributed by atoms with van der Waals surface area (Å²) < 4.78 is 0. The molecule has 29 heavy (non-hydrogen) atoms. The Morgan fingerprint density at radius 3 is 2.28 bits per heavy atom. The van der Waals surface area contributed by atoms with E-state index < -0.39 is 6.04 Å². The van der Waals surface area contributed by atoms with Crippen LogP contribution in [0, 0.1) is 5.92 Å². The maximum Gasteiger partial charge on any atom is 0.255 e. The van der Waals surface area contributed by atoms with Gasteiger partial charge in [0.2, 0.25) is 5.91 Å². The Labute approximate surface area is 178 Å². The quantitative estimate of drug-likeness (QED) is 0.738. The molecule has 0 unspecified atom stereocenters. The molecule has 1 saturated heterocycles. The molecular weight excluding hydrogens is 380 g/mol. The first-order valence-corrected chi connectivity index (χ1v) is 11.4. The van der Waals surface area contributed by atoms with Gasteiger partial charge in [-0.25, -0.2) is 0 Å². The maximum absolute atomic E-state index is 13.2. The number of carbonyl (C=O) groups excluding carboxylic acids is 2. The zero-order valence-corrected chi connectivity index (χ0v) is 18.2. The van der Waals surface area contributed by atoms with Gasteiger partial charge in [-0.15, -0.1) is 11.8 Å². The highest BCUT2D eigenvalue weighted by Crippen LogP contribution is 2.35. The standard InChI is InChI=1S/C24H30N2O2S/c1-17(2)24-26(23(28)20-12-8-5-9-13-20)21(16-29-24)22(27)25-18(3)14-15-19-10-6-4-7-11-19/h4-13,17-18,21,24H,14-16H2,1-3H3,(H,25,27)/t18-,21-,24-/m0/s1. The molecule has 1 heterocycles. The summed E-state index contributed by atoms with van der Waals surface area (Å²) in [6, 6.07) is 19.2. The van der Waals surface area contributed by atoms with Crippen LogP contribution in [0.15, 0.2) is 60.7 Å². The molecule has 3 rings (SSSR count). The van der Waals surface area contributed by atoms with Gasteiger partial charge >= 0.3 is 0 Å². The number of hydrogen-bond donors (Lipinski definition) is 1. The lowest BCUT2D eigenvalue weighted by molar-refractivity contribution is -0.125. The molecule has 0 radical (unpaired) electrons. The SMILES string of the molecule is CC(C)[C@@H]1SC[C@@H](C(=O)N[C@@H](C)CCc2ccccc2)N1C(=O)c1ccccc1. The Hall–Kier alpha value is -2.27. The molecule has 1 N–H and O–H groups in total. The molecule has 3 atom stereocenters. The molecule has 0 spiro atoms. The lowest BCUT2D eigenvalue weighted by atomic mass is 10.1. The van der Waals surface area contributed by atoms with Gasteiger partial charge in [0.15, 0.2) is 0 Å². The van der Waals surface area contributed by atoms with Crippen LogP contribution in [-0.4, -0.2) is 39.9 Å². The van der Waals surface area contributed by atoms with E-state index >= 15 is 0 Å². The first-order chi connectivity index (χ1) is 14.0. The number of aryl methyl sites for hydroxylation is 1. The predicted octanol–water partition coefficient (Wildman–Crippen LogP) is 4.36. The average molecular weight is 411 g/mol. The summed E-state index contributed by atoms with van der Waals surface area (Å²) in [5.74, 6) is 0.802. The first-order valence-electron chi connectivity index (χ1n) is 10.3. The van der Waals surface area contributed by atoms with Crippen LogP contribution in [0.5, 0.6) is 0 Å². The van der Waals surface area contributed by atoms with Crippen molar-refractivity contribution in [2.24, 2.45) is 5.92 Å². The predicted molar refractivity (Wildman–Crippen MR) is 120 cm³/mol. The van der Waals surface area contributed by atoms with E-state index in [2.05, 4.69) is 31.3 Å². The van der Waals surface area contributed by atoms with Crippen molar-refractivity contribution in [3.8, 4) is 0 Å². The van der Waals surface area contributed by atoms with Crippen LogP contribution in [0.25, 0.3) is 0 Å². The van der Waals surface area contributed by atoms with Crippen LogP contribution in [0.1, 0.15) is 43.1 Å². The van der Waals surface area contributed by atoms with E-state index in [1.165, 1.54) is 5.56 Å². The smallest absolute Gasteiger partial charge is 0.255 e. The fraction of sp³-hybridized carbons (Fsp3) is 0.417. The van der Waals surface area contributed by atoms with Crippen molar-refractivity contribution in [2.75, 3.05) is 5.75 Å². The van der Waals surface area contributed by atoms with E-state index in [0.717, 1.165) is 12.8 Å². The monoisotopic (exact) mass is 410 g/mol. The van der Waals surface area contributed by atoms with E-state index in [-0.39, 0.29) is 29.1 Å². The van der Waals surface area contributed by atoms with Crippen LogP contribution < -0.4 is 5.32 Å². The van der Waals surface area contributed by atoms with Crippen molar-refractivity contribution >= 4 is 23.6 Å². The van der Waals surface area contributed by atoms with E-state index in [9.17, 15) is 9.59 Å². The Balaban J connectivity index is 1.66. The molecule has 0 aromatic heterocycles. The minimum atomic E-state index is -0.431. The minimum Gasteiger partial charge on any atom is -0.352 e. The summed E-state index contributed by atoms with van der Waals surface area (Å²) in [5, 5.41) is 3.15. The fourth-order valence-corrected chi connectivity index (χ4v) is 5.15. The van der Waals surface area contributed by atoms with Crippen LogP contribution in [0.3, 0.4) is 0 Å². The number of amides is 2. The summed E-state index contributed by atoms with van der Waals surface area (Å²) in [5.41, 5.74) is 1.90. The van der Waals surface area contributed by atoms with Gasteiger partial charge in [-0.1, -0.05) is 62.4 Å². The molecule has 0 saturated carbocycles. The van der Waals surface area contributed by atoms with Crippen molar-refractivity contribution in [1.82, 2.24) is 10.2 Å². The zero-order chi connectivity index (χ0) is 20.8. The van der Waals surface area contributed by atoms with Gasteiger partial charge in [-0.05, 0) is 43.4 Å². The summed E-state index contributed by atoms with van der Waals surface area (Å²) in [7, 11) is 0. The van der Waals surface area contributed by atoms with E-state index in [0.29, 0.717) is 11.3 Å². The molecule has 0 bridgehead atoms. The molecule has 2 aromatic carbocycles. The second kappa shape index (κ2) is 9.97. The lowest BCUT2D eigenvalue weighted by Crippen LogP contribution is -2.52. The van der Waals surface area contributed by atoms with Crippen LogP contribution in [-0.2, 0) is 11.2 Å². The van der Waals surface area contributed by atoms with Crippen LogP contribution in [0.4, 0.5) is 0 Å². The highest BCUT2D eigenvalue weighted by Gasteiger charge is 2.43. The molecular formula is C24H30N2O2S. The van der Waals surface area contributed by atoms with E-state index in [1.807, 2.05) is 55.5 Å². The average Bonchev–Trinajstić information content (AvgIpc) is 3.19. The Bertz CT molecular complexity index is 810. The third kappa shape index (κ3) is 5.41. The number of hydrogen-bond acceptors (Lipinski definition) is 3. The van der Waals surface area contributed by atoms with Crippen LogP contribution >= 0.6 is 11.8 Å². The lowest BCUT2D eigenvalue weighted by Gasteiger charge is -2.31. The molecule has 0 aliphatic carbocycles. The van der Waals surface area contributed by atoms with Gasteiger partial charge in [0.1, 0.15) is 6.04 Å². The van der Waals surface area contributed by atoms with Crippen LogP contribution in [0.2, 0.25) is 0 Å². The maximum atomic E-state index is 13.2. The van der Waals surface area contributed by atoms with E-state index in [4.69, 9.17) is 0 Å². The molecule has 154 valence electrons. The number of nitrogens with zero attached hydrogens (tertiary/aromatic N) is 1. The zero-order valence-electron chi connectivity index (χ0n) is 17.4. The molecule has 5 heteroatoms. The molecule has 1 aliphatic rings. The van der Waals surface area contributed by atoms with Crippen molar-refractivity contribution in [3.63, 3.8) is 0 Å². The third-order valence-corrected chi connectivity index (χ3v) is 6.88. The molecule has 2 amide bonds. The number of carbonyl (C=O) groups is 2. The highest BCUT2D eigenvalue weighted by atomic mass is 32.2. The summed E-state index contributed by atoms with van der Waals surface area (Å²) >= 11 is 1.70. The topological polar surface area (TPSA) is 49.4 Å². The van der Waals surface area contributed by atoms with Gasteiger partial charge in [0.25, 0.3) is 5.91 Å². The van der Waals surface area contributed by atoms with Gasteiger partial charge in [-0.3, -0.25) is 9.59 Å². The molecule has 2 aromatic rings. The summed E-state index contributed by atoms with van der Waals surface area (Å²) in [6.07, 6.45) is 1.79. The van der Waals surface area contributed by atoms with Gasteiger partial charge in [0.05, 0.1) is 5.37 Å². The van der Waals surface area contributed by atoms with Gasteiger partial charge in [0, 0.05) is 17.4 Å². The second-order valence-electron chi connectivity index (χ2n) is 8.00.